The van der Waals surface area contributed by atoms with Gasteiger partial charge < -0.3 is 26.2 Å². The number of carbonyl (C=O) groups is 3. The van der Waals surface area contributed by atoms with Crippen molar-refractivity contribution in [3.05, 3.63) is 35.3 Å². The van der Waals surface area contributed by atoms with E-state index in [1.54, 1.807) is 12.5 Å². The third kappa shape index (κ3) is 6.23. The van der Waals surface area contributed by atoms with Crippen molar-refractivity contribution in [1.82, 2.24) is 15.6 Å². The van der Waals surface area contributed by atoms with Gasteiger partial charge in [-0.2, -0.15) is 0 Å². The molecule has 0 radical (unpaired) electrons. The van der Waals surface area contributed by atoms with Crippen LogP contribution in [0, 0.1) is 0 Å². The number of primary amides is 1. The molecule has 0 aliphatic carbocycles. The number of hydrogen-bond acceptors (Lipinski definition) is 6. The molecule has 0 spiro atoms. The number of ether oxygens (including phenoxy) is 1. The summed E-state index contributed by atoms with van der Waals surface area (Å²) in [6, 6.07) is 5.71. The number of methoxy groups -OCH3 is 1. The Kier molecular flexibility index (Phi) is 7.76. The normalized spacial score (nSPS) is 11.5. The second kappa shape index (κ2) is 10.3. The van der Waals surface area contributed by atoms with Gasteiger partial charge in [0.1, 0.15) is 16.8 Å². The van der Waals surface area contributed by atoms with Crippen LogP contribution >= 0.6 is 11.3 Å². The van der Waals surface area contributed by atoms with Crippen molar-refractivity contribution in [3.8, 4) is 16.3 Å². The lowest BCUT2D eigenvalue weighted by Gasteiger charge is -2.14. The summed E-state index contributed by atoms with van der Waals surface area (Å²) in [4.78, 5) is 38.6. The highest BCUT2D eigenvalue weighted by atomic mass is 32.1. The summed E-state index contributed by atoms with van der Waals surface area (Å²) in [5.74, 6) is -0.893. The van der Waals surface area contributed by atoms with Gasteiger partial charge in [-0.25, -0.2) is 14.6 Å². The van der Waals surface area contributed by atoms with Gasteiger partial charge in [-0.15, -0.1) is 11.3 Å². The van der Waals surface area contributed by atoms with E-state index in [-0.39, 0.29) is 19.4 Å². The maximum Gasteiger partial charge on any atom is 0.326 e. The van der Waals surface area contributed by atoms with Crippen LogP contribution in [-0.2, 0) is 16.0 Å². The number of aromatic nitrogens is 1. The number of carboxylic acid groups (broad SMARTS) is 1. The van der Waals surface area contributed by atoms with E-state index in [1.165, 1.54) is 11.3 Å². The Labute approximate surface area is 165 Å². The first-order valence-corrected chi connectivity index (χ1v) is 9.42. The molecular formula is C18H22N4O5S. The third-order valence-electron chi connectivity index (χ3n) is 3.83. The molecule has 150 valence electrons. The molecule has 1 aromatic heterocycles. The highest BCUT2D eigenvalue weighted by Crippen LogP contribution is 2.31. The summed E-state index contributed by atoms with van der Waals surface area (Å²) in [5.41, 5.74) is 6.32. The minimum atomic E-state index is -1.14. The zero-order valence-corrected chi connectivity index (χ0v) is 16.1. The number of benzene rings is 1. The van der Waals surface area contributed by atoms with Gasteiger partial charge in [-0.1, -0.05) is 12.1 Å². The monoisotopic (exact) mass is 406 g/mol. The van der Waals surface area contributed by atoms with Crippen LogP contribution < -0.4 is 21.1 Å². The van der Waals surface area contributed by atoms with Crippen molar-refractivity contribution >= 4 is 29.2 Å². The predicted molar refractivity (Wildman–Crippen MR) is 104 cm³/mol. The highest BCUT2D eigenvalue weighted by molar-refractivity contribution is 7.13. The van der Waals surface area contributed by atoms with Gasteiger partial charge in [0, 0.05) is 11.9 Å². The molecule has 0 aliphatic heterocycles. The number of urea groups is 1. The average molecular weight is 406 g/mol. The van der Waals surface area contributed by atoms with Crippen molar-refractivity contribution in [3.63, 3.8) is 0 Å². The van der Waals surface area contributed by atoms with Crippen LogP contribution in [0.25, 0.3) is 10.6 Å². The third-order valence-corrected chi connectivity index (χ3v) is 4.76. The van der Waals surface area contributed by atoms with Crippen molar-refractivity contribution in [2.24, 2.45) is 5.73 Å². The van der Waals surface area contributed by atoms with Crippen LogP contribution in [0.4, 0.5) is 4.79 Å². The second-order valence-electron chi connectivity index (χ2n) is 5.91. The average Bonchev–Trinajstić information content (AvgIpc) is 3.11. The molecule has 0 saturated carbocycles. The summed E-state index contributed by atoms with van der Waals surface area (Å²) < 4.78 is 5.32. The number of rotatable bonds is 10. The summed E-state index contributed by atoms with van der Waals surface area (Å²) >= 11 is 1.38. The first-order chi connectivity index (χ1) is 13.4. The Morgan fingerprint density at radius 3 is 2.75 bits per heavy atom. The number of carbonyl (C=O) groups excluding carboxylic acids is 2. The maximum absolute atomic E-state index is 12.2. The molecular weight excluding hydrogens is 384 g/mol. The van der Waals surface area contributed by atoms with Crippen molar-refractivity contribution in [2.45, 2.75) is 25.3 Å². The van der Waals surface area contributed by atoms with E-state index in [0.29, 0.717) is 22.9 Å². The first-order valence-electron chi connectivity index (χ1n) is 8.54. The number of aliphatic carboxylic acids is 1. The molecule has 0 aliphatic rings. The van der Waals surface area contributed by atoms with E-state index in [9.17, 15) is 19.5 Å². The molecule has 1 atom stereocenters. The van der Waals surface area contributed by atoms with E-state index in [1.807, 2.05) is 24.3 Å². The fourth-order valence-corrected chi connectivity index (χ4v) is 3.37. The molecule has 0 fully saturated rings. The summed E-state index contributed by atoms with van der Waals surface area (Å²) in [6.07, 6.45) is 0.509. The fraction of sp³-hybridized carbons (Fsp3) is 0.333. The number of nitrogens with zero attached hydrogens (tertiary/aromatic N) is 1. The number of hydrogen-bond donors (Lipinski definition) is 4. The quantitative estimate of drug-likeness (QED) is 0.439. The Hall–Kier alpha value is -3.14. The lowest BCUT2D eigenvalue weighted by molar-refractivity contribution is -0.141. The van der Waals surface area contributed by atoms with Crippen molar-refractivity contribution < 1.29 is 24.2 Å². The molecule has 9 nitrogen and oxygen atoms in total. The van der Waals surface area contributed by atoms with E-state index >= 15 is 0 Å². The van der Waals surface area contributed by atoms with Gasteiger partial charge in [-0.3, -0.25) is 4.79 Å². The Morgan fingerprint density at radius 2 is 2.07 bits per heavy atom. The van der Waals surface area contributed by atoms with Crippen LogP contribution in [0.2, 0.25) is 0 Å². The molecule has 2 rings (SSSR count). The fourth-order valence-electron chi connectivity index (χ4n) is 2.52. The number of carboxylic acids is 1. The Balaban J connectivity index is 1.94. The molecule has 1 heterocycles. The van der Waals surface area contributed by atoms with Crippen LogP contribution in [0.1, 0.15) is 18.5 Å². The van der Waals surface area contributed by atoms with Crippen LogP contribution in [0.15, 0.2) is 29.6 Å². The zero-order chi connectivity index (χ0) is 20.5. The SMILES string of the molecule is COc1ccccc1-c1nc(CC(=O)N[C@@H](CCCNC(N)=O)C(=O)O)cs1. The van der Waals surface area contributed by atoms with Crippen LogP contribution in [0.5, 0.6) is 5.75 Å². The summed E-state index contributed by atoms with van der Waals surface area (Å²) in [7, 11) is 1.58. The number of nitrogens with two attached hydrogens (primary N) is 1. The lowest BCUT2D eigenvalue weighted by atomic mass is 10.1. The zero-order valence-electron chi connectivity index (χ0n) is 15.3. The largest absolute Gasteiger partial charge is 0.496 e. The molecule has 3 amide bonds. The number of thiazole rings is 1. The van der Waals surface area contributed by atoms with Gasteiger partial charge >= 0.3 is 12.0 Å². The Bertz CT molecular complexity index is 839. The molecule has 28 heavy (non-hydrogen) atoms. The Morgan fingerprint density at radius 1 is 1.32 bits per heavy atom. The van der Waals surface area contributed by atoms with Gasteiger partial charge in [-0.05, 0) is 25.0 Å². The molecule has 0 unspecified atom stereocenters. The van der Waals surface area contributed by atoms with E-state index in [0.717, 1.165) is 5.56 Å². The van der Waals surface area contributed by atoms with Gasteiger partial charge in [0.05, 0.1) is 24.8 Å². The van der Waals surface area contributed by atoms with Crippen molar-refractivity contribution in [1.29, 1.82) is 0 Å². The minimum Gasteiger partial charge on any atom is -0.496 e. The summed E-state index contributed by atoms with van der Waals surface area (Å²) in [6.45, 7) is 0.239. The summed E-state index contributed by atoms with van der Waals surface area (Å²) in [5, 5.41) is 16.6. The topological polar surface area (TPSA) is 144 Å². The van der Waals surface area contributed by atoms with Crippen LogP contribution in [-0.4, -0.2) is 47.7 Å². The highest BCUT2D eigenvalue weighted by Gasteiger charge is 2.20. The lowest BCUT2D eigenvalue weighted by Crippen LogP contribution is -2.42. The maximum atomic E-state index is 12.2. The van der Waals surface area contributed by atoms with Crippen molar-refractivity contribution in [2.75, 3.05) is 13.7 Å². The van der Waals surface area contributed by atoms with Gasteiger partial charge in [0.2, 0.25) is 5.91 Å². The number of para-hydroxylation sites is 1. The molecule has 10 heteroatoms. The van der Waals surface area contributed by atoms with E-state index < -0.39 is 23.9 Å². The minimum absolute atomic E-state index is 0.0328. The predicted octanol–water partition coefficient (Wildman–Crippen LogP) is 1.38. The van der Waals surface area contributed by atoms with E-state index in [4.69, 9.17) is 10.5 Å². The molecule has 5 N–H and O–H groups in total. The second-order valence-corrected chi connectivity index (χ2v) is 6.77. The molecule has 2 aromatic rings. The van der Waals surface area contributed by atoms with Crippen LogP contribution in [0.3, 0.4) is 0 Å². The number of nitrogens with one attached hydrogen (secondary N) is 2. The van der Waals surface area contributed by atoms with Gasteiger partial charge in [0.25, 0.3) is 0 Å². The first kappa shape index (κ1) is 21.2. The molecule has 0 bridgehead atoms. The molecule has 0 saturated heterocycles. The van der Waals surface area contributed by atoms with Gasteiger partial charge in [0.15, 0.2) is 0 Å². The smallest absolute Gasteiger partial charge is 0.326 e. The molecule has 1 aromatic carbocycles. The van der Waals surface area contributed by atoms with E-state index in [2.05, 4.69) is 15.6 Å². The standard InChI is InChI=1S/C18H22N4O5S/c1-27-14-7-3-2-5-12(14)16-21-11(10-28-16)9-15(23)22-13(17(24)25)6-4-8-20-18(19)26/h2-3,5,7,10,13H,4,6,8-9H2,1H3,(H,22,23)(H,24,25)(H3,19,20,26)/t13-/m0/s1. The number of amides is 3.